The Balaban J connectivity index is 3.15. The molecule has 0 saturated heterocycles. The molecule has 7 heteroatoms. The first-order chi connectivity index (χ1) is 6.73. The van der Waals surface area contributed by atoms with E-state index in [0.29, 0.717) is 0 Å². The summed E-state index contributed by atoms with van der Waals surface area (Å²) in [6, 6.07) is 5.99. The van der Waals surface area contributed by atoms with Crippen LogP contribution in [0.4, 0.5) is 26.3 Å². The largest absolute Gasteiger partial charge is 0.434 e. The number of thiol groups is 1. The minimum Gasteiger partial charge on any atom is -0.161 e. The molecule has 0 aromatic heterocycles. The summed E-state index contributed by atoms with van der Waals surface area (Å²) in [6.07, 6.45) is 0. The minimum atomic E-state index is -5.27. The van der Waals surface area contributed by atoms with Gasteiger partial charge in [-0.15, -0.1) is 0 Å². The summed E-state index contributed by atoms with van der Waals surface area (Å²) in [5.41, 5.74) is -10.5. The number of halogens is 6. The summed E-state index contributed by atoms with van der Waals surface area (Å²) in [7, 11) is -4.16. The molecule has 85 valence electrons. The van der Waals surface area contributed by atoms with E-state index in [9.17, 15) is 26.3 Å². The van der Waals surface area contributed by atoms with Crippen LogP contribution < -0.4 is 0 Å². The zero-order valence-corrected chi connectivity index (χ0v) is 7.92. The van der Waals surface area contributed by atoms with Gasteiger partial charge in [0.15, 0.2) is 0 Å². The summed E-state index contributed by atoms with van der Waals surface area (Å²) in [5.74, 6) is 0. The molecule has 0 aliphatic carbocycles. The Hall–Kier alpha value is -0.850. The molecule has 0 amide bonds. The van der Waals surface area contributed by atoms with Crippen molar-refractivity contribution in [3.63, 3.8) is 0 Å². The molecule has 0 atom stereocenters. The van der Waals surface area contributed by atoms with Crippen LogP contribution in [0.3, 0.4) is 0 Å². The lowest BCUT2D eigenvalue weighted by Gasteiger charge is -2.26. The zero-order chi connectivity index (χ0) is 11.7. The summed E-state index contributed by atoms with van der Waals surface area (Å²) < 4.78 is 73.2. The summed E-state index contributed by atoms with van der Waals surface area (Å²) in [4.78, 5) is -0.760. The van der Waals surface area contributed by atoms with E-state index in [-0.39, 0.29) is 0 Å². The van der Waals surface area contributed by atoms with Crippen LogP contribution in [-0.4, -0.2) is 11.0 Å². The van der Waals surface area contributed by atoms with Crippen molar-refractivity contribution in [3.8, 4) is 0 Å². The van der Waals surface area contributed by atoms with Gasteiger partial charge in [0.1, 0.15) is 0 Å². The highest BCUT2D eigenvalue weighted by atomic mass is 32.2. The van der Waals surface area contributed by atoms with Crippen molar-refractivity contribution in [1.29, 1.82) is 0 Å². The second kappa shape index (κ2) is 3.96. The monoisotopic (exact) mass is 247 g/mol. The van der Waals surface area contributed by atoms with Gasteiger partial charge in [0, 0.05) is 4.90 Å². The highest BCUT2D eigenvalue weighted by Gasteiger charge is 2.53. The van der Waals surface area contributed by atoms with E-state index in [0.717, 1.165) is 24.3 Å². The van der Waals surface area contributed by atoms with Gasteiger partial charge in [-0.1, -0.05) is 12.1 Å². The van der Waals surface area contributed by atoms with Crippen LogP contribution >= 0.6 is 10.9 Å². The van der Waals surface area contributed by atoms with Crippen molar-refractivity contribution < 1.29 is 26.3 Å². The van der Waals surface area contributed by atoms with Gasteiger partial charge in [0.2, 0.25) is 0 Å². The maximum Gasteiger partial charge on any atom is 0.434 e. The fourth-order valence-corrected chi connectivity index (χ4v) is 2.28. The molecule has 1 radical (unpaired) electrons. The van der Waals surface area contributed by atoms with E-state index < -0.39 is 26.8 Å². The highest BCUT2D eigenvalue weighted by molar-refractivity contribution is 8.18. The van der Waals surface area contributed by atoms with Crippen LogP contribution in [0.15, 0.2) is 29.2 Å². The molecule has 1 rings (SSSR count). The van der Waals surface area contributed by atoms with E-state index >= 15 is 0 Å². The summed E-state index contributed by atoms with van der Waals surface area (Å²) in [6.45, 7) is 0. The Morgan fingerprint density at radius 2 is 1.27 bits per heavy atom. The second-order valence-electron chi connectivity index (χ2n) is 2.53. The zero-order valence-electron chi connectivity index (χ0n) is 7.02. The van der Waals surface area contributed by atoms with Crippen molar-refractivity contribution in [3.05, 3.63) is 30.3 Å². The number of rotatable bonds is 1. The Kier molecular flexibility index (Phi) is 3.22. The molecule has 0 saturated carbocycles. The molecule has 1 aromatic rings. The van der Waals surface area contributed by atoms with Gasteiger partial charge in [-0.2, -0.15) is 26.3 Å². The van der Waals surface area contributed by atoms with Crippen LogP contribution in [0, 0.1) is 6.07 Å². The average molecular weight is 247 g/mol. The van der Waals surface area contributed by atoms with Crippen LogP contribution in [0.2, 0.25) is 0 Å². The molecule has 0 spiro atoms. The van der Waals surface area contributed by atoms with E-state index in [1.807, 2.05) is 0 Å². The summed E-state index contributed by atoms with van der Waals surface area (Å²) in [5, 5.41) is 0. The summed E-state index contributed by atoms with van der Waals surface area (Å²) >= 11 is 0. The second-order valence-corrected chi connectivity index (χ2v) is 4.73. The predicted molar refractivity (Wildman–Crippen MR) is 44.6 cm³/mol. The average Bonchev–Trinajstić information content (AvgIpc) is 2.00. The van der Waals surface area contributed by atoms with Crippen LogP contribution in [0.5, 0.6) is 0 Å². The van der Waals surface area contributed by atoms with Crippen molar-refractivity contribution in [2.75, 3.05) is 0 Å². The van der Waals surface area contributed by atoms with Gasteiger partial charge in [0.25, 0.3) is 0 Å². The first kappa shape index (κ1) is 12.2. The molecule has 0 aliphatic rings. The molecule has 1 aromatic carbocycles. The van der Waals surface area contributed by atoms with Crippen molar-refractivity contribution in [2.24, 2.45) is 0 Å². The first-order valence-corrected chi connectivity index (χ1v) is 4.97. The normalized spacial score (nSPS) is 13.9. The van der Waals surface area contributed by atoms with Crippen LogP contribution in [-0.2, 0) is 0 Å². The molecule has 0 aliphatic heterocycles. The Bertz CT molecular complexity index is 300. The maximum atomic E-state index is 12.2. The quantitative estimate of drug-likeness (QED) is 0.565. The molecule has 0 heterocycles. The molecular weight excluding hydrogens is 242 g/mol. The molecular formula is C8H5F6S. The fourth-order valence-electron chi connectivity index (χ4n) is 0.964. The topological polar surface area (TPSA) is 0 Å². The molecule has 15 heavy (non-hydrogen) atoms. The van der Waals surface area contributed by atoms with Gasteiger partial charge in [-0.05, 0) is 29.1 Å². The van der Waals surface area contributed by atoms with E-state index in [4.69, 9.17) is 0 Å². The third-order valence-corrected chi connectivity index (χ3v) is 3.29. The predicted octanol–water partition coefficient (Wildman–Crippen LogP) is 3.89. The highest BCUT2D eigenvalue weighted by Crippen LogP contribution is 2.61. The minimum absolute atomic E-state index is 0.760. The Morgan fingerprint density at radius 1 is 0.867 bits per heavy atom. The van der Waals surface area contributed by atoms with E-state index in [1.165, 1.54) is 0 Å². The number of benzene rings is 1. The van der Waals surface area contributed by atoms with Crippen LogP contribution in [0.1, 0.15) is 0 Å². The van der Waals surface area contributed by atoms with Crippen molar-refractivity contribution in [1.82, 2.24) is 0 Å². The van der Waals surface area contributed by atoms with Gasteiger partial charge in [0.05, 0.1) is 0 Å². The molecule has 0 unspecified atom stereocenters. The van der Waals surface area contributed by atoms with E-state index in [1.54, 1.807) is 0 Å². The van der Waals surface area contributed by atoms with Gasteiger partial charge < -0.3 is 0 Å². The van der Waals surface area contributed by atoms with Crippen molar-refractivity contribution in [2.45, 2.75) is 15.9 Å². The fraction of sp³-hybridized carbons (Fsp3) is 0.250. The smallest absolute Gasteiger partial charge is 0.161 e. The SMILES string of the molecule is FC(F)(F)[SH](c1cc[c]cc1)C(F)(F)F. The molecule has 0 bridgehead atoms. The van der Waals surface area contributed by atoms with Gasteiger partial charge in [-0.3, -0.25) is 0 Å². The number of hydrogen-bond donors (Lipinski definition) is 1. The standard InChI is InChI=1S/C8H5F6S/c9-7(10,11)15(8(12,13)14)6-4-2-1-3-5-6/h2-5,15H. The first-order valence-electron chi connectivity index (χ1n) is 3.63. The third-order valence-electron chi connectivity index (χ3n) is 1.47. The van der Waals surface area contributed by atoms with E-state index in [2.05, 4.69) is 6.07 Å². The lowest BCUT2D eigenvalue weighted by atomic mass is 10.4. The van der Waals surface area contributed by atoms with Gasteiger partial charge in [-0.25, -0.2) is 0 Å². The molecule has 0 fully saturated rings. The van der Waals surface area contributed by atoms with Crippen LogP contribution in [0.25, 0.3) is 0 Å². The van der Waals surface area contributed by atoms with Crippen molar-refractivity contribution >= 4 is 10.9 Å². The molecule has 0 nitrogen and oxygen atoms in total. The Labute approximate surface area is 84.2 Å². The number of alkyl halides is 6. The maximum absolute atomic E-state index is 12.2. The lowest BCUT2D eigenvalue weighted by molar-refractivity contribution is -0.0745. The third kappa shape index (κ3) is 3.05. The number of hydrogen-bond acceptors (Lipinski definition) is 0. The van der Waals surface area contributed by atoms with Gasteiger partial charge >= 0.3 is 11.0 Å². The lowest BCUT2D eigenvalue weighted by Crippen LogP contribution is -2.21. The molecule has 0 N–H and O–H groups in total. The Morgan fingerprint density at radius 3 is 1.60 bits per heavy atom.